The average Bonchev–Trinajstić information content (AvgIpc) is 3.00. The van der Waals surface area contributed by atoms with Crippen molar-refractivity contribution in [3.8, 4) is 5.75 Å². The number of para-hydroxylation sites is 1. The second-order valence-electron chi connectivity index (χ2n) is 6.51. The van der Waals surface area contributed by atoms with E-state index >= 15 is 0 Å². The Labute approximate surface area is 140 Å². The maximum Gasteiger partial charge on any atom is 0.122 e. The van der Waals surface area contributed by atoms with E-state index in [0.29, 0.717) is 6.04 Å². The Morgan fingerprint density at radius 2 is 1.78 bits per heavy atom. The predicted molar refractivity (Wildman–Crippen MR) is 96.1 cm³/mol. The van der Waals surface area contributed by atoms with Crippen LogP contribution in [-0.4, -0.2) is 31.1 Å². The Morgan fingerprint density at radius 1 is 1.00 bits per heavy atom. The molecule has 1 aliphatic rings. The summed E-state index contributed by atoms with van der Waals surface area (Å²) in [7, 11) is 2.23. The molecule has 1 unspecified atom stereocenters. The van der Waals surface area contributed by atoms with E-state index in [0.717, 1.165) is 31.6 Å². The van der Waals surface area contributed by atoms with Gasteiger partial charge in [-0.2, -0.15) is 0 Å². The molecule has 0 spiro atoms. The van der Waals surface area contributed by atoms with Crippen LogP contribution in [0.1, 0.15) is 30.4 Å². The topological polar surface area (TPSA) is 12.5 Å². The first-order valence-electron chi connectivity index (χ1n) is 8.78. The largest absolute Gasteiger partial charge is 0.493 e. The van der Waals surface area contributed by atoms with Gasteiger partial charge in [-0.1, -0.05) is 48.5 Å². The molecule has 1 heterocycles. The number of aryl methyl sites for hydroxylation is 2. The lowest BCUT2D eigenvalue weighted by Gasteiger charge is -2.20. The maximum atomic E-state index is 6.11. The van der Waals surface area contributed by atoms with E-state index < -0.39 is 0 Å². The lowest BCUT2D eigenvalue weighted by molar-refractivity contribution is 0.232. The molecule has 3 rings (SSSR count). The van der Waals surface area contributed by atoms with Crippen LogP contribution in [0.15, 0.2) is 54.6 Å². The molecule has 1 atom stereocenters. The van der Waals surface area contributed by atoms with Crippen LogP contribution in [0, 0.1) is 0 Å². The van der Waals surface area contributed by atoms with Crippen molar-refractivity contribution in [2.45, 2.75) is 38.1 Å². The van der Waals surface area contributed by atoms with Gasteiger partial charge >= 0.3 is 0 Å². The highest BCUT2D eigenvalue weighted by molar-refractivity contribution is 5.34. The summed E-state index contributed by atoms with van der Waals surface area (Å²) in [5.41, 5.74) is 2.70. The van der Waals surface area contributed by atoms with Crippen molar-refractivity contribution >= 4 is 0 Å². The van der Waals surface area contributed by atoms with Crippen LogP contribution in [0.3, 0.4) is 0 Å². The van der Waals surface area contributed by atoms with Gasteiger partial charge in [0.15, 0.2) is 0 Å². The molecule has 2 nitrogen and oxygen atoms in total. The second-order valence-corrected chi connectivity index (χ2v) is 6.51. The minimum absolute atomic E-state index is 0.700. The van der Waals surface area contributed by atoms with Crippen molar-refractivity contribution in [2.75, 3.05) is 20.2 Å². The summed E-state index contributed by atoms with van der Waals surface area (Å²) in [4.78, 5) is 2.46. The molecule has 0 N–H and O–H groups in total. The lowest BCUT2D eigenvalue weighted by Crippen LogP contribution is -2.26. The van der Waals surface area contributed by atoms with Crippen LogP contribution in [0.25, 0.3) is 0 Å². The Kier molecular flexibility index (Phi) is 5.71. The minimum Gasteiger partial charge on any atom is -0.493 e. The molecule has 1 saturated heterocycles. The van der Waals surface area contributed by atoms with Crippen molar-refractivity contribution in [3.05, 3.63) is 65.7 Å². The molecule has 1 aliphatic heterocycles. The monoisotopic (exact) mass is 309 g/mol. The van der Waals surface area contributed by atoms with E-state index in [2.05, 4.69) is 66.5 Å². The summed E-state index contributed by atoms with van der Waals surface area (Å²) in [6.07, 6.45) is 5.87. The summed E-state index contributed by atoms with van der Waals surface area (Å²) in [6.45, 7) is 2.05. The number of hydrogen-bond acceptors (Lipinski definition) is 2. The van der Waals surface area contributed by atoms with Gasteiger partial charge in [-0.25, -0.2) is 0 Å². The van der Waals surface area contributed by atoms with Crippen LogP contribution in [0.2, 0.25) is 0 Å². The van der Waals surface area contributed by atoms with E-state index in [1.807, 2.05) is 0 Å². The number of benzene rings is 2. The van der Waals surface area contributed by atoms with Crippen LogP contribution in [0.5, 0.6) is 5.75 Å². The van der Waals surface area contributed by atoms with Crippen molar-refractivity contribution in [3.63, 3.8) is 0 Å². The predicted octanol–water partition coefficient (Wildman–Crippen LogP) is 4.33. The van der Waals surface area contributed by atoms with Crippen LogP contribution < -0.4 is 4.74 Å². The van der Waals surface area contributed by atoms with Gasteiger partial charge in [0, 0.05) is 6.04 Å². The highest BCUT2D eigenvalue weighted by atomic mass is 16.5. The van der Waals surface area contributed by atoms with Gasteiger partial charge in [-0.3, -0.25) is 0 Å². The van der Waals surface area contributed by atoms with Gasteiger partial charge in [0.25, 0.3) is 0 Å². The zero-order chi connectivity index (χ0) is 15.9. The van der Waals surface area contributed by atoms with Gasteiger partial charge in [-0.05, 0) is 62.9 Å². The Bertz CT molecular complexity index is 596. The zero-order valence-corrected chi connectivity index (χ0v) is 14.1. The molecular weight excluding hydrogens is 282 g/mol. The molecule has 2 aromatic carbocycles. The first kappa shape index (κ1) is 16.1. The van der Waals surface area contributed by atoms with Gasteiger partial charge in [0.05, 0.1) is 6.61 Å². The number of rotatable bonds is 7. The molecule has 2 heteroatoms. The fraction of sp³-hybridized carbons (Fsp3) is 0.429. The highest BCUT2D eigenvalue weighted by Gasteiger charge is 2.20. The SMILES string of the molecule is CN1CCCC1CCOc1ccccc1CCc1ccccc1. The summed E-state index contributed by atoms with van der Waals surface area (Å²) >= 11 is 0. The van der Waals surface area contributed by atoms with E-state index in [1.54, 1.807) is 0 Å². The summed E-state index contributed by atoms with van der Waals surface area (Å²) in [5, 5.41) is 0. The van der Waals surface area contributed by atoms with Gasteiger partial charge < -0.3 is 9.64 Å². The quantitative estimate of drug-likeness (QED) is 0.754. The summed E-state index contributed by atoms with van der Waals surface area (Å²) in [6, 6.07) is 19.9. The fourth-order valence-electron chi connectivity index (χ4n) is 3.42. The fourth-order valence-corrected chi connectivity index (χ4v) is 3.42. The van der Waals surface area contributed by atoms with Crippen molar-refractivity contribution in [1.82, 2.24) is 4.90 Å². The van der Waals surface area contributed by atoms with E-state index in [4.69, 9.17) is 4.74 Å². The molecule has 2 aromatic rings. The molecule has 23 heavy (non-hydrogen) atoms. The second kappa shape index (κ2) is 8.16. The molecule has 0 amide bonds. The third-order valence-corrected chi connectivity index (χ3v) is 4.88. The Balaban J connectivity index is 1.53. The molecule has 1 fully saturated rings. The first-order valence-corrected chi connectivity index (χ1v) is 8.78. The number of hydrogen-bond donors (Lipinski definition) is 0. The Morgan fingerprint density at radius 3 is 2.57 bits per heavy atom. The van der Waals surface area contributed by atoms with Gasteiger partial charge in [-0.15, -0.1) is 0 Å². The molecule has 0 saturated carbocycles. The number of likely N-dealkylation sites (tertiary alicyclic amines) is 1. The highest BCUT2D eigenvalue weighted by Crippen LogP contribution is 2.22. The third kappa shape index (κ3) is 4.59. The van der Waals surface area contributed by atoms with E-state index in [9.17, 15) is 0 Å². The van der Waals surface area contributed by atoms with Gasteiger partial charge in [0.1, 0.15) is 5.75 Å². The van der Waals surface area contributed by atoms with Crippen LogP contribution >= 0.6 is 0 Å². The molecule has 0 aliphatic carbocycles. The van der Waals surface area contributed by atoms with Crippen molar-refractivity contribution < 1.29 is 4.74 Å². The van der Waals surface area contributed by atoms with E-state index in [1.165, 1.54) is 30.5 Å². The maximum absolute atomic E-state index is 6.11. The molecule has 0 aromatic heterocycles. The molecule has 0 bridgehead atoms. The smallest absolute Gasteiger partial charge is 0.122 e. The van der Waals surface area contributed by atoms with E-state index in [-0.39, 0.29) is 0 Å². The lowest BCUT2D eigenvalue weighted by atomic mass is 10.0. The van der Waals surface area contributed by atoms with Crippen LogP contribution in [-0.2, 0) is 12.8 Å². The average molecular weight is 309 g/mol. The van der Waals surface area contributed by atoms with Crippen LogP contribution in [0.4, 0.5) is 0 Å². The standard InChI is InChI=1S/C21H27NO/c1-22-16-7-11-20(22)15-17-23-21-12-6-5-10-19(21)14-13-18-8-3-2-4-9-18/h2-6,8-10,12,20H,7,11,13-17H2,1H3. The zero-order valence-electron chi connectivity index (χ0n) is 14.1. The first-order chi connectivity index (χ1) is 11.3. The Hall–Kier alpha value is -1.80. The normalized spacial score (nSPS) is 18.2. The number of ether oxygens (including phenoxy) is 1. The minimum atomic E-state index is 0.700. The third-order valence-electron chi connectivity index (χ3n) is 4.88. The summed E-state index contributed by atoms with van der Waals surface area (Å²) in [5.74, 6) is 1.06. The molecule has 122 valence electrons. The molecular formula is C21H27NO. The van der Waals surface area contributed by atoms with Crippen molar-refractivity contribution in [1.29, 1.82) is 0 Å². The van der Waals surface area contributed by atoms with Crippen molar-refractivity contribution in [2.24, 2.45) is 0 Å². The van der Waals surface area contributed by atoms with Gasteiger partial charge in [0.2, 0.25) is 0 Å². The number of nitrogens with zero attached hydrogens (tertiary/aromatic N) is 1. The summed E-state index contributed by atoms with van der Waals surface area (Å²) < 4.78 is 6.11. The molecule has 0 radical (unpaired) electrons.